The maximum absolute atomic E-state index is 13.2. The smallest absolute Gasteiger partial charge is 0.408 e. The first-order chi connectivity index (χ1) is 14.8. The van der Waals surface area contributed by atoms with Gasteiger partial charge in [-0.3, -0.25) is 9.63 Å². The molecule has 0 radical (unpaired) electrons. The van der Waals surface area contributed by atoms with Crippen LogP contribution in [0.2, 0.25) is 0 Å². The summed E-state index contributed by atoms with van der Waals surface area (Å²) in [6.07, 6.45) is -1.41. The third-order valence-electron chi connectivity index (χ3n) is 4.47. The van der Waals surface area contributed by atoms with Crippen molar-refractivity contribution in [2.45, 2.75) is 78.0 Å². The summed E-state index contributed by atoms with van der Waals surface area (Å²) in [6.45, 7) is 10.4. The van der Waals surface area contributed by atoms with Crippen LogP contribution in [0.5, 0.6) is 0 Å². The second-order valence-corrected chi connectivity index (χ2v) is 9.61. The molecule has 1 N–H and O–H groups in total. The van der Waals surface area contributed by atoms with E-state index in [9.17, 15) is 14.4 Å². The monoisotopic (exact) mass is 450 g/mol. The van der Waals surface area contributed by atoms with E-state index in [1.54, 1.807) is 41.5 Å². The van der Waals surface area contributed by atoms with Gasteiger partial charge in [-0.15, -0.1) is 0 Å². The van der Waals surface area contributed by atoms with Crippen LogP contribution in [0.15, 0.2) is 30.3 Å². The first kappa shape index (κ1) is 25.6. The normalized spacial score (nSPS) is 20.1. The van der Waals surface area contributed by atoms with Gasteiger partial charge >= 0.3 is 12.1 Å². The molecule has 0 saturated carbocycles. The highest BCUT2D eigenvalue weighted by molar-refractivity contribution is 5.91. The molecule has 1 aliphatic rings. The van der Waals surface area contributed by atoms with Crippen LogP contribution >= 0.6 is 0 Å². The number of hydrogen-bond acceptors (Lipinski definition) is 7. The average Bonchev–Trinajstić information content (AvgIpc) is 2.98. The van der Waals surface area contributed by atoms with Crippen molar-refractivity contribution in [2.24, 2.45) is 5.92 Å². The summed E-state index contributed by atoms with van der Waals surface area (Å²) in [4.78, 5) is 44.3. The predicted molar refractivity (Wildman–Crippen MR) is 116 cm³/mol. The van der Waals surface area contributed by atoms with Crippen molar-refractivity contribution in [3.8, 4) is 0 Å². The SMILES string of the molecule is CO[C@H]1C[C@H]([C@H](NC(=O)OC(C)(C)C)C(=O)OC(C)(C)C)C(=O)N1OCc1ccccc1. The van der Waals surface area contributed by atoms with Gasteiger partial charge < -0.3 is 19.5 Å². The summed E-state index contributed by atoms with van der Waals surface area (Å²) < 4.78 is 16.2. The van der Waals surface area contributed by atoms with Crippen LogP contribution in [0.25, 0.3) is 0 Å². The molecule has 0 spiro atoms. The first-order valence-electron chi connectivity index (χ1n) is 10.6. The summed E-state index contributed by atoms with van der Waals surface area (Å²) in [5, 5.41) is 3.63. The Balaban J connectivity index is 2.21. The highest BCUT2D eigenvalue weighted by atomic mass is 16.7. The van der Waals surface area contributed by atoms with E-state index in [4.69, 9.17) is 19.0 Å². The van der Waals surface area contributed by atoms with Crippen LogP contribution in [0.4, 0.5) is 4.79 Å². The molecule has 2 amide bonds. The Morgan fingerprint density at radius 1 is 1.06 bits per heavy atom. The maximum Gasteiger partial charge on any atom is 0.408 e. The fourth-order valence-electron chi connectivity index (χ4n) is 3.18. The Morgan fingerprint density at radius 2 is 1.66 bits per heavy atom. The molecule has 1 saturated heterocycles. The lowest BCUT2D eigenvalue weighted by atomic mass is 9.97. The summed E-state index contributed by atoms with van der Waals surface area (Å²) in [6, 6.07) is 8.08. The number of nitrogens with zero attached hydrogens (tertiary/aromatic N) is 1. The molecule has 3 atom stereocenters. The molecule has 0 aliphatic carbocycles. The highest BCUT2D eigenvalue weighted by Crippen LogP contribution is 2.30. The molecule has 178 valence electrons. The van der Waals surface area contributed by atoms with Crippen LogP contribution in [-0.4, -0.2) is 53.6 Å². The number of ether oxygens (including phenoxy) is 3. The van der Waals surface area contributed by atoms with Crippen LogP contribution in [-0.2, 0) is 35.2 Å². The molecule has 1 aromatic rings. The third kappa shape index (κ3) is 7.49. The predicted octanol–water partition coefficient (Wildman–Crippen LogP) is 3.17. The third-order valence-corrected chi connectivity index (χ3v) is 4.47. The molecule has 1 aromatic carbocycles. The highest BCUT2D eigenvalue weighted by Gasteiger charge is 2.49. The molecule has 32 heavy (non-hydrogen) atoms. The Bertz CT molecular complexity index is 799. The number of methoxy groups -OCH3 is 1. The van der Waals surface area contributed by atoms with Gasteiger partial charge in [0.05, 0.1) is 5.92 Å². The number of esters is 1. The molecule has 1 fully saturated rings. The van der Waals surface area contributed by atoms with Gasteiger partial charge in [0.2, 0.25) is 0 Å². The summed E-state index contributed by atoms with van der Waals surface area (Å²) in [5.41, 5.74) is -0.715. The molecule has 1 heterocycles. The second-order valence-electron chi connectivity index (χ2n) is 9.61. The zero-order valence-electron chi connectivity index (χ0n) is 19.8. The number of rotatable bonds is 7. The van der Waals surface area contributed by atoms with Gasteiger partial charge in [-0.25, -0.2) is 9.59 Å². The first-order valence-corrected chi connectivity index (χ1v) is 10.6. The number of benzene rings is 1. The summed E-state index contributed by atoms with van der Waals surface area (Å²) >= 11 is 0. The van der Waals surface area contributed by atoms with Crippen LogP contribution in [0.1, 0.15) is 53.5 Å². The number of hydroxylamine groups is 2. The molecule has 0 aromatic heterocycles. The molecule has 9 heteroatoms. The number of hydrogen-bond donors (Lipinski definition) is 1. The fraction of sp³-hybridized carbons (Fsp3) is 0.609. The van der Waals surface area contributed by atoms with Gasteiger partial charge in [-0.2, -0.15) is 5.06 Å². The Morgan fingerprint density at radius 3 is 2.19 bits per heavy atom. The molecular weight excluding hydrogens is 416 g/mol. The lowest BCUT2D eigenvalue weighted by Crippen LogP contribution is -2.51. The molecule has 0 bridgehead atoms. The fourth-order valence-corrected chi connectivity index (χ4v) is 3.18. The van der Waals surface area contributed by atoms with E-state index in [2.05, 4.69) is 5.32 Å². The van der Waals surface area contributed by atoms with Gasteiger partial charge in [-0.05, 0) is 47.1 Å². The van der Waals surface area contributed by atoms with Gasteiger partial charge in [0, 0.05) is 13.5 Å². The zero-order chi connectivity index (χ0) is 24.1. The van der Waals surface area contributed by atoms with E-state index >= 15 is 0 Å². The number of alkyl carbamates (subject to hydrolysis) is 1. The van der Waals surface area contributed by atoms with Gasteiger partial charge in [0.25, 0.3) is 5.91 Å². The number of carbonyl (C=O) groups is 3. The molecule has 0 unspecified atom stereocenters. The minimum atomic E-state index is -1.26. The lowest BCUT2D eigenvalue weighted by molar-refractivity contribution is -0.231. The minimum absolute atomic E-state index is 0.129. The molecular formula is C23H34N2O7. The summed E-state index contributed by atoms with van der Waals surface area (Å²) in [7, 11) is 1.45. The van der Waals surface area contributed by atoms with E-state index in [1.165, 1.54) is 7.11 Å². The number of nitrogens with one attached hydrogen (secondary N) is 1. The van der Waals surface area contributed by atoms with Crippen molar-refractivity contribution >= 4 is 18.0 Å². The van der Waals surface area contributed by atoms with Crippen molar-refractivity contribution in [1.29, 1.82) is 0 Å². The van der Waals surface area contributed by atoms with Gasteiger partial charge in [0.15, 0.2) is 6.23 Å². The van der Waals surface area contributed by atoms with E-state index in [0.29, 0.717) is 0 Å². The van der Waals surface area contributed by atoms with Crippen molar-refractivity contribution in [1.82, 2.24) is 10.4 Å². The van der Waals surface area contributed by atoms with E-state index in [0.717, 1.165) is 10.6 Å². The molecule has 2 rings (SSSR count). The van der Waals surface area contributed by atoms with Crippen molar-refractivity contribution in [2.75, 3.05) is 7.11 Å². The standard InChI is InChI=1S/C23H34N2O7/c1-22(2,3)31-20(27)18(24-21(28)32-23(4,5)6)16-13-17(29-7)25(19(16)26)30-14-15-11-9-8-10-12-15/h8-12,16-18H,13-14H2,1-7H3,(H,24,28)/t16-,17+,18+/m1/s1. The Kier molecular flexibility index (Phi) is 8.25. The number of carbonyl (C=O) groups excluding carboxylic acids is 3. The largest absolute Gasteiger partial charge is 0.458 e. The second kappa shape index (κ2) is 10.3. The molecule has 1 aliphatic heterocycles. The maximum atomic E-state index is 13.2. The van der Waals surface area contributed by atoms with E-state index < -0.39 is 47.4 Å². The quantitative estimate of drug-likeness (QED) is 0.637. The van der Waals surface area contributed by atoms with Crippen LogP contribution in [0, 0.1) is 5.92 Å². The lowest BCUT2D eigenvalue weighted by Gasteiger charge is -2.28. The summed E-state index contributed by atoms with van der Waals surface area (Å²) in [5.74, 6) is -2.17. The topological polar surface area (TPSA) is 103 Å². The minimum Gasteiger partial charge on any atom is -0.458 e. The van der Waals surface area contributed by atoms with Crippen LogP contribution in [0.3, 0.4) is 0 Å². The van der Waals surface area contributed by atoms with Crippen molar-refractivity contribution in [3.63, 3.8) is 0 Å². The Labute approximate surface area is 189 Å². The zero-order valence-corrected chi connectivity index (χ0v) is 19.8. The Hall–Kier alpha value is -2.65. The van der Waals surface area contributed by atoms with Gasteiger partial charge in [0.1, 0.15) is 23.9 Å². The van der Waals surface area contributed by atoms with Gasteiger partial charge in [-0.1, -0.05) is 30.3 Å². The average molecular weight is 451 g/mol. The molecule has 9 nitrogen and oxygen atoms in total. The van der Waals surface area contributed by atoms with E-state index in [1.807, 2.05) is 30.3 Å². The van der Waals surface area contributed by atoms with Crippen molar-refractivity contribution < 1.29 is 33.4 Å². The van der Waals surface area contributed by atoms with Crippen molar-refractivity contribution in [3.05, 3.63) is 35.9 Å². The van der Waals surface area contributed by atoms with Crippen LogP contribution < -0.4 is 5.32 Å². The number of amides is 2. The van der Waals surface area contributed by atoms with E-state index in [-0.39, 0.29) is 13.0 Å².